The summed E-state index contributed by atoms with van der Waals surface area (Å²) in [6.07, 6.45) is 0.119. The van der Waals surface area contributed by atoms with E-state index in [4.69, 9.17) is 10.6 Å². The second-order valence-electron chi connectivity index (χ2n) is 2.31. The van der Waals surface area contributed by atoms with Gasteiger partial charge in [0.25, 0.3) is 0 Å². The van der Waals surface area contributed by atoms with E-state index in [-0.39, 0.29) is 12.3 Å². The number of amides is 1. The van der Waals surface area contributed by atoms with Crippen molar-refractivity contribution in [1.82, 2.24) is 15.6 Å². The first-order valence-electron chi connectivity index (χ1n) is 3.62. The minimum absolute atomic E-state index is 0.119. The maximum atomic E-state index is 10.8. The van der Waals surface area contributed by atoms with Gasteiger partial charge < -0.3 is 4.74 Å². The molecule has 70 valence electrons. The largest absolute Gasteiger partial charge is 0.480 e. The molecule has 3 N–H and O–H groups in total. The average Bonchev–Trinajstić information content (AvgIpc) is 2.19. The van der Waals surface area contributed by atoms with Crippen molar-refractivity contribution >= 4 is 5.91 Å². The molecule has 0 unspecified atom stereocenters. The van der Waals surface area contributed by atoms with Gasteiger partial charge in [0.2, 0.25) is 11.8 Å². The minimum Gasteiger partial charge on any atom is -0.480 e. The summed E-state index contributed by atoms with van der Waals surface area (Å²) < 4.78 is 4.80. The van der Waals surface area contributed by atoms with Crippen LogP contribution in [0.15, 0.2) is 12.1 Å². The average molecular weight is 182 g/mol. The Hall–Kier alpha value is -1.69. The smallest absolute Gasteiger partial charge is 0.239 e. The van der Waals surface area contributed by atoms with Crippen molar-refractivity contribution in [3.8, 4) is 5.88 Å². The topological polar surface area (TPSA) is 90.1 Å². The molecule has 0 atom stereocenters. The van der Waals surface area contributed by atoms with Crippen molar-refractivity contribution in [3.05, 3.63) is 17.8 Å². The molecule has 1 aromatic heterocycles. The van der Waals surface area contributed by atoms with Gasteiger partial charge in [-0.3, -0.25) is 10.2 Å². The number of hydrogen-bond donors (Lipinski definition) is 2. The molecule has 0 saturated heterocycles. The molecule has 0 bridgehead atoms. The fourth-order valence-corrected chi connectivity index (χ4v) is 0.766. The standard InChI is InChI=1S/C7H10N4O2/c1-13-7-3-2-5(10-11-7)4-6(12)9-8/h2-3H,4,8H2,1H3,(H,9,12). The van der Waals surface area contributed by atoms with E-state index in [1.165, 1.54) is 7.11 Å². The van der Waals surface area contributed by atoms with Crippen molar-refractivity contribution in [2.45, 2.75) is 6.42 Å². The molecule has 6 heteroatoms. The zero-order valence-corrected chi connectivity index (χ0v) is 7.15. The van der Waals surface area contributed by atoms with E-state index in [1.54, 1.807) is 12.1 Å². The third-order valence-electron chi connectivity index (χ3n) is 1.41. The molecule has 1 rings (SSSR count). The van der Waals surface area contributed by atoms with Crippen LogP contribution in [0.2, 0.25) is 0 Å². The van der Waals surface area contributed by atoms with Gasteiger partial charge in [0, 0.05) is 6.07 Å². The first kappa shape index (κ1) is 9.40. The summed E-state index contributed by atoms with van der Waals surface area (Å²) >= 11 is 0. The number of ether oxygens (including phenoxy) is 1. The number of nitrogens with two attached hydrogens (primary N) is 1. The number of hydrogen-bond acceptors (Lipinski definition) is 5. The van der Waals surface area contributed by atoms with Gasteiger partial charge in [-0.1, -0.05) is 0 Å². The van der Waals surface area contributed by atoms with Crippen LogP contribution in [0.1, 0.15) is 5.69 Å². The Morgan fingerprint density at radius 1 is 1.62 bits per heavy atom. The van der Waals surface area contributed by atoms with E-state index >= 15 is 0 Å². The fourth-order valence-electron chi connectivity index (χ4n) is 0.766. The molecule has 0 fully saturated rings. The van der Waals surface area contributed by atoms with E-state index in [1.807, 2.05) is 5.43 Å². The van der Waals surface area contributed by atoms with Crippen LogP contribution in [0.3, 0.4) is 0 Å². The highest BCUT2D eigenvalue weighted by atomic mass is 16.5. The van der Waals surface area contributed by atoms with Crippen LogP contribution < -0.4 is 16.0 Å². The van der Waals surface area contributed by atoms with Crippen molar-refractivity contribution in [2.24, 2.45) is 5.84 Å². The Morgan fingerprint density at radius 3 is 2.85 bits per heavy atom. The van der Waals surface area contributed by atoms with Crippen LogP contribution in [0.4, 0.5) is 0 Å². The molecule has 0 aliphatic carbocycles. The van der Waals surface area contributed by atoms with Crippen LogP contribution >= 0.6 is 0 Å². The Morgan fingerprint density at radius 2 is 2.38 bits per heavy atom. The summed E-state index contributed by atoms with van der Waals surface area (Å²) in [5.74, 6) is 5.01. The monoisotopic (exact) mass is 182 g/mol. The lowest BCUT2D eigenvalue weighted by atomic mass is 10.3. The summed E-state index contributed by atoms with van der Waals surface area (Å²) in [5.41, 5.74) is 2.55. The molecule has 0 aromatic carbocycles. The Balaban J connectivity index is 2.64. The third kappa shape index (κ3) is 2.68. The van der Waals surface area contributed by atoms with Gasteiger partial charge in [0.1, 0.15) is 0 Å². The van der Waals surface area contributed by atoms with Gasteiger partial charge in [-0.2, -0.15) is 5.10 Å². The lowest BCUT2D eigenvalue weighted by molar-refractivity contribution is -0.120. The first-order valence-corrected chi connectivity index (χ1v) is 3.62. The number of carbonyl (C=O) groups is 1. The first-order chi connectivity index (χ1) is 6.26. The third-order valence-corrected chi connectivity index (χ3v) is 1.41. The number of methoxy groups -OCH3 is 1. The van der Waals surface area contributed by atoms with E-state index in [0.29, 0.717) is 11.6 Å². The van der Waals surface area contributed by atoms with Crippen LogP contribution in [-0.2, 0) is 11.2 Å². The SMILES string of the molecule is COc1ccc(CC(=O)NN)nn1. The molecule has 1 aromatic rings. The molecular formula is C7H10N4O2. The number of nitrogens with one attached hydrogen (secondary N) is 1. The summed E-state index contributed by atoms with van der Waals surface area (Å²) in [6, 6.07) is 3.28. The van der Waals surface area contributed by atoms with Crippen LogP contribution in [-0.4, -0.2) is 23.2 Å². The number of aromatic nitrogens is 2. The van der Waals surface area contributed by atoms with Crippen molar-refractivity contribution in [3.63, 3.8) is 0 Å². The molecule has 0 saturated carbocycles. The summed E-state index contributed by atoms with van der Waals surface area (Å²) in [6.45, 7) is 0. The molecule has 1 heterocycles. The van der Waals surface area contributed by atoms with E-state index < -0.39 is 0 Å². The lowest BCUT2D eigenvalue weighted by Crippen LogP contribution is -2.31. The van der Waals surface area contributed by atoms with Gasteiger partial charge in [-0.15, -0.1) is 5.10 Å². The van der Waals surface area contributed by atoms with E-state index in [9.17, 15) is 4.79 Å². The maximum absolute atomic E-state index is 10.8. The molecule has 0 radical (unpaired) electrons. The predicted octanol–water partition coefficient (Wildman–Crippen LogP) is -0.982. The zero-order valence-electron chi connectivity index (χ0n) is 7.15. The Kier molecular flexibility index (Phi) is 3.15. The number of rotatable bonds is 3. The molecule has 0 aliphatic heterocycles. The quantitative estimate of drug-likeness (QED) is 0.356. The molecule has 1 amide bonds. The summed E-state index contributed by atoms with van der Waals surface area (Å²) in [7, 11) is 1.50. The summed E-state index contributed by atoms with van der Waals surface area (Å²) in [4.78, 5) is 10.8. The van der Waals surface area contributed by atoms with Crippen LogP contribution in [0.25, 0.3) is 0 Å². The van der Waals surface area contributed by atoms with E-state index in [0.717, 1.165) is 0 Å². The Labute approximate surface area is 75.1 Å². The lowest BCUT2D eigenvalue weighted by Gasteiger charge is -1.99. The van der Waals surface area contributed by atoms with Gasteiger partial charge in [-0.05, 0) is 6.07 Å². The number of hydrazine groups is 1. The van der Waals surface area contributed by atoms with Gasteiger partial charge in [0.15, 0.2) is 0 Å². The van der Waals surface area contributed by atoms with E-state index in [2.05, 4.69) is 10.2 Å². The van der Waals surface area contributed by atoms with Gasteiger partial charge >= 0.3 is 0 Å². The van der Waals surface area contributed by atoms with Crippen LogP contribution in [0.5, 0.6) is 5.88 Å². The number of carbonyl (C=O) groups excluding carboxylic acids is 1. The zero-order chi connectivity index (χ0) is 9.68. The second-order valence-corrected chi connectivity index (χ2v) is 2.31. The normalized spacial score (nSPS) is 9.38. The van der Waals surface area contributed by atoms with Gasteiger partial charge in [-0.25, -0.2) is 5.84 Å². The molecular weight excluding hydrogens is 172 g/mol. The predicted molar refractivity (Wildman–Crippen MR) is 44.6 cm³/mol. The van der Waals surface area contributed by atoms with Crippen molar-refractivity contribution in [1.29, 1.82) is 0 Å². The minimum atomic E-state index is -0.306. The maximum Gasteiger partial charge on any atom is 0.239 e. The second kappa shape index (κ2) is 4.36. The molecule has 13 heavy (non-hydrogen) atoms. The molecule has 0 aliphatic rings. The Bertz CT molecular complexity index is 285. The summed E-state index contributed by atoms with van der Waals surface area (Å²) in [5, 5.41) is 7.44. The highest BCUT2D eigenvalue weighted by Crippen LogP contribution is 2.03. The highest BCUT2D eigenvalue weighted by Gasteiger charge is 2.02. The van der Waals surface area contributed by atoms with Crippen LogP contribution in [0, 0.1) is 0 Å². The van der Waals surface area contributed by atoms with Crippen molar-refractivity contribution in [2.75, 3.05) is 7.11 Å². The number of nitrogens with zero attached hydrogens (tertiary/aromatic N) is 2. The van der Waals surface area contributed by atoms with Crippen molar-refractivity contribution < 1.29 is 9.53 Å². The van der Waals surface area contributed by atoms with Gasteiger partial charge in [0.05, 0.1) is 19.2 Å². The highest BCUT2D eigenvalue weighted by molar-refractivity contribution is 5.77. The molecule has 0 spiro atoms. The fraction of sp³-hybridized carbons (Fsp3) is 0.286. The molecule has 6 nitrogen and oxygen atoms in total.